The summed E-state index contributed by atoms with van der Waals surface area (Å²) in [6, 6.07) is 2.79. The van der Waals surface area contributed by atoms with Gasteiger partial charge in [0.05, 0.1) is 6.61 Å². The van der Waals surface area contributed by atoms with E-state index in [4.69, 9.17) is 9.84 Å². The number of rotatable bonds is 5. The van der Waals surface area contributed by atoms with E-state index in [2.05, 4.69) is 52.1 Å². The second-order valence-electron chi connectivity index (χ2n) is 7.65. The van der Waals surface area contributed by atoms with Crippen LogP contribution in [0.3, 0.4) is 0 Å². The summed E-state index contributed by atoms with van der Waals surface area (Å²) in [5.74, 6) is 2.57. The Morgan fingerprint density at radius 3 is 2.68 bits per heavy atom. The predicted molar refractivity (Wildman–Crippen MR) is 95.1 cm³/mol. The highest BCUT2D eigenvalue weighted by atomic mass is 127. The lowest BCUT2D eigenvalue weighted by atomic mass is 9.78. The summed E-state index contributed by atoms with van der Waals surface area (Å²) in [4.78, 5) is 2.68. The topological polar surface area (TPSA) is 30.3 Å². The van der Waals surface area contributed by atoms with Crippen LogP contribution < -0.4 is 0 Å². The van der Waals surface area contributed by atoms with E-state index in [0.717, 1.165) is 34.6 Å². The molecule has 2 heterocycles. The van der Waals surface area contributed by atoms with Crippen LogP contribution in [0.5, 0.6) is 0 Å². The van der Waals surface area contributed by atoms with Gasteiger partial charge in [-0.15, -0.1) is 0 Å². The molecule has 3 aliphatic rings. The predicted octanol–water partition coefficient (Wildman–Crippen LogP) is 3.28. The van der Waals surface area contributed by atoms with E-state index in [0.29, 0.717) is 11.6 Å². The molecule has 0 amide bonds. The zero-order chi connectivity index (χ0) is 15.5. The van der Waals surface area contributed by atoms with Crippen LogP contribution in [0.15, 0.2) is 6.07 Å². The second kappa shape index (κ2) is 5.45. The summed E-state index contributed by atoms with van der Waals surface area (Å²) in [5.41, 5.74) is 2.02. The van der Waals surface area contributed by atoms with Gasteiger partial charge in [-0.25, -0.2) is 0 Å². The van der Waals surface area contributed by atoms with Crippen LogP contribution in [-0.2, 0) is 4.74 Å². The molecule has 3 unspecified atom stereocenters. The highest BCUT2D eigenvalue weighted by molar-refractivity contribution is 14.1. The molecular formula is C17H26IN3O. The van der Waals surface area contributed by atoms with Crippen molar-refractivity contribution in [3.63, 3.8) is 0 Å². The van der Waals surface area contributed by atoms with Crippen molar-refractivity contribution in [3.05, 3.63) is 15.5 Å². The van der Waals surface area contributed by atoms with E-state index < -0.39 is 0 Å². The quantitative estimate of drug-likeness (QED) is 0.692. The fraction of sp³-hybridized carbons (Fsp3) is 0.824. The molecule has 0 N–H and O–H groups in total. The first-order valence-corrected chi connectivity index (χ1v) is 9.62. The Kier molecular flexibility index (Phi) is 3.81. The van der Waals surface area contributed by atoms with Gasteiger partial charge in [0.1, 0.15) is 3.70 Å². The lowest BCUT2D eigenvalue weighted by molar-refractivity contribution is -0.0343. The Balaban J connectivity index is 1.45. The minimum atomic E-state index is 0.468. The summed E-state index contributed by atoms with van der Waals surface area (Å²) < 4.78 is 8.68. The van der Waals surface area contributed by atoms with E-state index >= 15 is 0 Å². The van der Waals surface area contributed by atoms with Gasteiger partial charge in [-0.1, -0.05) is 0 Å². The van der Waals surface area contributed by atoms with Gasteiger partial charge in [0.25, 0.3) is 0 Å². The molecular weight excluding hydrogens is 389 g/mol. The molecule has 2 saturated carbocycles. The summed E-state index contributed by atoms with van der Waals surface area (Å²) in [5, 5.41) is 4.70. The molecule has 4 nitrogen and oxygen atoms in total. The molecule has 0 bridgehead atoms. The number of hydrogen-bond acceptors (Lipinski definition) is 3. The largest absolute Gasteiger partial charge is 0.383 e. The molecule has 4 atom stereocenters. The summed E-state index contributed by atoms with van der Waals surface area (Å²) in [6.07, 6.45) is 4.19. The van der Waals surface area contributed by atoms with Crippen molar-refractivity contribution >= 4 is 22.6 Å². The minimum absolute atomic E-state index is 0.468. The van der Waals surface area contributed by atoms with Crippen molar-refractivity contribution < 1.29 is 4.74 Å². The zero-order valence-corrected chi connectivity index (χ0v) is 15.9. The second-order valence-corrected chi connectivity index (χ2v) is 8.75. The van der Waals surface area contributed by atoms with Crippen molar-refractivity contribution in [2.75, 3.05) is 26.8 Å². The smallest absolute Gasteiger partial charge is 0.123 e. The molecule has 22 heavy (non-hydrogen) atoms. The van der Waals surface area contributed by atoms with Gasteiger partial charge in [0.2, 0.25) is 0 Å². The fourth-order valence-electron chi connectivity index (χ4n) is 5.04. The third-order valence-electron chi connectivity index (χ3n) is 6.21. The van der Waals surface area contributed by atoms with Crippen LogP contribution in [0.1, 0.15) is 50.8 Å². The third-order valence-corrected chi connectivity index (χ3v) is 6.74. The van der Waals surface area contributed by atoms with Gasteiger partial charge in [0, 0.05) is 43.4 Å². The number of nitrogens with zero attached hydrogens (tertiary/aromatic N) is 3. The van der Waals surface area contributed by atoms with E-state index in [1.165, 1.54) is 31.5 Å². The molecule has 1 aromatic rings. The van der Waals surface area contributed by atoms with Gasteiger partial charge < -0.3 is 4.74 Å². The number of aromatic nitrogens is 2. The fourth-order valence-corrected chi connectivity index (χ4v) is 5.59. The normalized spacial score (nSPS) is 36.9. The molecule has 4 rings (SSSR count). The van der Waals surface area contributed by atoms with E-state index in [9.17, 15) is 0 Å². The summed E-state index contributed by atoms with van der Waals surface area (Å²) in [7, 11) is 1.81. The molecule has 1 saturated heterocycles. The molecule has 3 fully saturated rings. The Labute approximate surface area is 146 Å². The van der Waals surface area contributed by atoms with Crippen LogP contribution in [0.25, 0.3) is 0 Å². The van der Waals surface area contributed by atoms with Crippen molar-refractivity contribution in [1.29, 1.82) is 0 Å². The minimum Gasteiger partial charge on any atom is -0.383 e. The van der Waals surface area contributed by atoms with Crippen molar-refractivity contribution in [3.8, 4) is 0 Å². The first-order valence-electron chi connectivity index (χ1n) is 8.55. The first kappa shape index (κ1) is 15.4. The zero-order valence-electron chi connectivity index (χ0n) is 13.8. The van der Waals surface area contributed by atoms with Gasteiger partial charge in [0.15, 0.2) is 0 Å². The Morgan fingerprint density at radius 2 is 2.14 bits per heavy atom. The highest BCUT2D eigenvalue weighted by Crippen LogP contribution is 2.69. The lowest BCUT2D eigenvalue weighted by Gasteiger charge is -2.52. The monoisotopic (exact) mass is 415 g/mol. The van der Waals surface area contributed by atoms with E-state index in [-0.39, 0.29) is 0 Å². The highest BCUT2D eigenvalue weighted by Gasteiger charge is 2.65. The Hall–Kier alpha value is -0.140. The van der Waals surface area contributed by atoms with Crippen LogP contribution in [0, 0.1) is 15.5 Å². The first-order chi connectivity index (χ1) is 10.6. The number of likely N-dealkylation sites (tertiary alicyclic amines) is 1. The molecule has 5 heteroatoms. The molecule has 1 spiro atoms. The molecule has 1 aromatic heterocycles. The van der Waals surface area contributed by atoms with Crippen LogP contribution in [0.2, 0.25) is 0 Å². The number of halogens is 1. The maximum Gasteiger partial charge on any atom is 0.123 e. The van der Waals surface area contributed by atoms with Crippen LogP contribution in [-0.4, -0.2) is 47.0 Å². The third kappa shape index (κ3) is 2.26. The van der Waals surface area contributed by atoms with Crippen LogP contribution >= 0.6 is 22.6 Å². The van der Waals surface area contributed by atoms with Crippen LogP contribution in [0.4, 0.5) is 0 Å². The average Bonchev–Trinajstić information content (AvgIpc) is 2.85. The van der Waals surface area contributed by atoms with Crippen molar-refractivity contribution in [1.82, 2.24) is 14.7 Å². The summed E-state index contributed by atoms with van der Waals surface area (Å²) in [6.45, 7) is 7.74. The van der Waals surface area contributed by atoms with E-state index in [1.54, 1.807) is 0 Å². The van der Waals surface area contributed by atoms with Crippen molar-refractivity contribution in [2.45, 2.75) is 50.6 Å². The number of ether oxygens (including phenoxy) is 1. The summed E-state index contributed by atoms with van der Waals surface area (Å²) >= 11 is 2.35. The standard InChI is InChI=1S/C17H26IN3O/c1-11(2)21-14(8-15(18)19-21)16-12-9-17(10-13(12)16)4-5-20(17)6-7-22-3/h8,11-13,16H,4-7,9-10H2,1-3H3/t12-,13?,16?,17?/m0/s1. The Morgan fingerprint density at radius 1 is 1.41 bits per heavy atom. The molecule has 122 valence electrons. The maximum atomic E-state index is 5.27. The number of hydrogen-bond donors (Lipinski definition) is 0. The lowest BCUT2D eigenvalue weighted by Crippen LogP contribution is -2.59. The van der Waals surface area contributed by atoms with E-state index in [1.807, 2.05) is 7.11 Å². The average molecular weight is 415 g/mol. The molecule has 0 radical (unpaired) electrons. The maximum absolute atomic E-state index is 5.27. The van der Waals surface area contributed by atoms with Gasteiger partial charge in [-0.05, 0) is 73.6 Å². The van der Waals surface area contributed by atoms with Gasteiger partial charge in [-0.2, -0.15) is 5.10 Å². The van der Waals surface area contributed by atoms with Gasteiger partial charge in [-0.3, -0.25) is 9.58 Å². The number of fused-ring (bicyclic) bond motifs is 1. The molecule has 2 aliphatic carbocycles. The van der Waals surface area contributed by atoms with Crippen molar-refractivity contribution in [2.24, 2.45) is 11.8 Å². The molecule has 0 aromatic carbocycles. The number of methoxy groups -OCH3 is 1. The van der Waals surface area contributed by atoms with Gasteiger partial charge >= 0.3 is 0 Å². The SMILES string of the molecule is COCCN1CCC12CC1C(c3cc(I)nn3C(C)C)[C@H]1C2. The molecule has 1 aliphatic heterocycles. The Bertz CT molecular complexity index is 558.